The zero-order valence-corrected chi connectivity index (χ0v) is 12.8. The standard InChI is InChI=1S/C14H20Cl2N2O/c1-17(2)8-11-6-12(19)9-18(11)7-10-4-3-5-13(15)14(10)16/h3-5,11-12,19H,6-9H2,1-2H3. The molecule has 5 heteroatoms. The predicted molar refractivity (Wildman–Crippen MR) is 79.8 cm³/mol. The molecular weight excluding hydrogens is 283 g/mol. The average molecular weight is 303 g/mol. The van der Waals surface area contributed by atoms with Gasteiger partial charge in [0, 0.05) is 25.7 Å². The van der Waals surface area contributed by atoms with Gasteiger partial charge in [-0.2, -0.15) is 0 Å². The highest BCUT2D eigenvalue weighted by Crippen LogP contribution is 2.29. The Morgan fingerprint density at radius 3 is 2.79 bits per heavy atom. The van der Waals surface area contributed by atoms with E-state index in [0.29, 0.717) is 22.6 Å². The van der Waals surface area contributed by atoms with Crippen LogP contribution in [0.15, 0.2) is 18.2 Å². The Hall–Kier alpha value is -0.320. The van der Waals surface area contributed by atoms with Crippen LogP contribution in [0.25, 0.3) is 0 Å². The molecule has 3 nitrogen and oxygen atoms in total. The van der Waals surface area contributed by atoms with E-state index in [9.17, 15) is 5.11 Å². The van der Waals surface area contributed by atoms with Gasteiger partial charge in [0.2, 0.25) is 0 Å². The van der Waals surface area contributed by atoms with Crippen molar-refractivity contribution in [1.29, 1.82) is 0 Å². The third-order valence-electron chi connectivity index (χ3n) is 3.49. The first-order chi connectivity index (χ1) is 8.97. The third-order valence-corrected chi connectivity index (χ3v) is 4.34. The lowest BCUT2D eigenvalue weighted by Gasteiger charge is -2.27. The van der Waals surface area contributed by atoms with Crippen LogP contribution in [0.3, 0.4) is 0 Å². The number of β-amino-alcohol motifs (C(OH)–C–C–N with tert-alkyl or cyclic N) is 1. The van der Waals surface area contributed by atoms with Crippen LogP contribution in [0.5, 0.6) is 0 Å². The van der Waals surface area contributed by atoms with Crippen LogP contribution >= 0.6 is 23.2 Å². The molecule has 1 fully saturated rings. The fraction of sp³-hybridized carbons (Fsp3) is 0.571. The molecule has 0 saturated carbocycles. The molecule has 0 bridgehead atoms. The number of likely N-dealkylation sites (tertiary alicyclic amines) is 1. The van der Waals surface area contributed by atoms with Crippen molar-refractivity contribution in [2.45, 2.75) is 25.1 Å². The Bertz CT molecular complexity index is 439. The maximum Gasteiger partial charge on any atom is 0.0682 e. The highest BCUT2D eigenvalue weighted by molar-refractivity contribution is 6.42. The quantitative estimate of drug-likeness (QED) is 0.926. The van der Waals surface area contributed by atoms with E-state index in [1.54, 1.807) is 6.07 Å². The van der Waals surface area contributed by atoms with Crippen molar-refractivity contribution in [3.63, 3.8) is 0 Å². The third kappa shape index (κ3) is 3.83. The minimum Gasteiger partial charge on any atom is -0.392 e. The van der Waals surface area contributed by atoms with Crippen LogP contribution in [-0.2, 0) is 6.54 Å². The minimum atomic E-state index is -0.247. The molecule has 106 valence electrons. The lowest BCUT2D eigenvalue weighted by molar-refractivity contribution is 0.169. The summed E-state index contributed by atoms with van der Waals surface area (Å²) in [5.74, 6) is 0. The molecule has 2 unspecified atom stereocenters. The molecule has 1 aromatic carbocycles. The van der Waals surface area contributed by atoms with E-state index in [4.69, 9.17) is 23.2 Å². The van der Waals surface area contributed by atoms with Crippen molar-refractivity contribution in [3.05, 3.63) is 33.8 Å². The maximum absolute atomic E-state index is 9.87. The zero-order chi connectivity index (χ0) is 14.0. The van der Waals surface area contributed by atoms with Gasteiger partial charge in [-0.05, 0) is 32.1 Å². The number of halogens is 2. The molecule has 1 heterocycles. The van der Waals surface area contributed by atoms with Gasteiger partial charge in [0.15, 0.2) is 0 Å². The van der Waals surface area contributed by atoms with Crippen LogP contribution in [0.1, 0.15) is 12.0 Å². The van der Waals surface area contributed by atoms with Crippen molar-refractivity contribution < 1.29 is 5.11 Å². The molecule has 19 heavy (non-hydrogen) atoms. The molecule has 1 aromatic rings. The van der Waals surface area contributed by atoms with Gasteiger partial charge < -0.3 is 10.0 Å². The van der Waals surface area contributed by atoms with Crippen molar-refractivity contribution in [2.75, 3.05) is 27.2 Å². The van der Waals surface area contributed by atoms with Gasteiger partial charge >= 0.3 is 0 Å². The van der Waals surface area contributed by atoms with Crippen molar-refractivity contribution in [1.82, 2.24) is 9.80 Å². The smallest absolute Gasteiger partial charge is 0.0682 e. The monoisotopic (exact) mass is 302 g/mol. The number of hydrogen-bond donors (Lipinski definition) is 1. The molecule has 0 aliphatic carbocycles. The first-order valence-electron chi connectivity index (χ1n) is 6.47. The maximum atomic E-state index is 9.87. The van der Waals surface area contributed by atoms with E-state index >= 15 is 0 Å². The SMILES string of the molecule is CN(C)CC1CC(O)CN1Cc1cccc(Cl)c1Cl. The van der Waals surface area contributed by atoms with Crippen molar-refractivity contribution in [3.8, 4) is 0 Å². The summed E-state index contributed by atoms with van der Waals surface area (Å²) in [5.41, 5.74) is 1.02. The van der Waals surface area contributed by atoms with Crippen LogP contribution in [-0.4, -0.2) is 54.2 Å². The summed E-state index contributed by atoms with van der Waals surface area (Å²) in [6.45, 7) is 2.37. The van der Waals surface area contributed by atoms with Crippen LogP contribution in [0.2, 0.25) is 10.0 Å². The van der Waals surface area contributed by atoms with E-state index in [-0.39, 0.29) is 6.10 Å². The topological polar surface area (TPSA) is 26.7 Å². The van der Waals surface area contributed by atoms with Gasteiger partial charge in [0.05, 0.1) is 16.1 Å². The molecule has 1 aliphatic heterocycles. The number of aliphatic hydroxyl groups is 1. The summed E-state index contributed by atoms with van der Waals surface area (Å²) in [4.78, 5) is 4.43. The van der Waals surface area contributed by atoms with E-state index in [2.05, 4.69) is 23.9 Å². The lowest BCUT2D eigenvalue weighted by atomic mass is 10.1. The summed E-state index contributed by atoms with van der Waals surface area (Å²) in [6.07, 6.45) is 0.569. The molecule has 0 radical (unpaired) electrons. The molecule has 2 atom stereocenters. The normalized spacial score (nSPS) is 24.3. The number of likely N-dealkylation sites (N-methyl/N-ethyl adjacent to an activating group) is 1. The summed E-state index contributed by atoms with van der Waals surface area (Å²) in [6, 6.07) is 6.06. The van der Waals surface area contributed by atoms with Crippen LogP contribution in [0, 0.1) is 0 Å². The van der Waals surface area contributed by atoms with Gasteiger partial charge in [-0.1, -0.05) is 35.3 Å². The summed E-state index contributed by atoms with van der Waals surface area (Å²) in [7, 11) is 4.10. The van der Waals surface area contributed by atoms with E-state index in [1.165, 1.54) is 0 Å². The van der Waals surface area contributed by atoms with Crippen LogP contribution in [0.4, 0.5) is 0 Å². The van der Waals surface area contributed by atoms with Gasteiger partial charge in [-0.15, -0.1) is 0 Å². The van der Waals surface area contributed by atoms with Gasteiger partial charge in [0.1, 0.15) is 0 Å². The zero-order valence-electron chi connectivity index (χ0n) is 11.3. The Kier molecular flexibility index (Phi) is 5.09. The van der Waals surface area contributed by atoms with E-state index in [1.807, 2.05) is 12.1 Å². The highest BCUT2D eigenvalue weighted by atomic mass is 35.5. The minimum absolute atomic E-state index is 0.247. The number of benzene rings is 1. The lowest BCUT2D eigenvalue weighted by Crippen LogP contribution is -2.37. The fourth-order valence-electron chi connectivity index (χ4n) is 2.65. The van der Waals surface area contributed by atoms with Crippen LogP contribution < -0.4 is 0 Å². The summed E-state index contributed by atoms with van der Waals surface area (Å²) >= 11 is 12.3. The fourth-order valence-corrected chi connectivity index (χ4v) is 3.03. The molecule has 0 aromatic heterocycles. The molecular formula is C14H20Cl2N2O. The van der Waals surface area contributed by atoms with Gasteiger partial charge in [0.25, 0.3) is 0 Å². The Morgan fingerprint density at radius 1 is 1.37 bits per heavy atom. The average Bonchev–Trinajstić information content (AvgIpc) is 2.64. The summed E-state index contributed by atoms with van der Waals surface area (Å²) in [5, 5.41) is 11.1. The number of hydrogen-bond acceptors (Lipinski definition) is 3. The Balaban J connectivity index is 2.10. The summed E-state index contributed by atoms with van der Waals surface area (Å²) < 4.78 is 0. The Morgan fingerprint density at radius 2 is 2.11 bits per heavy atom. The second-order valence-corrected chi connectivity index (χ2v) is 6.23. The first kappa shape index (κ1) is 15.1. The molecule has 1 N–H and O–H groups in total. The van der Waals surface area contributed by atoms with Crippen molar-refractivity contribution in [2.24, 2.45) is 0 Å². The first-order valence-corrected chi connectivity index (χ1v) is 7.22. The molecule has 0 spiro atoms. The number of rotatable bonds is 4. The molecule has 2 rings (SSSR count). The van der Waals surface area contributed by atoms with Gasteiger partial charge in [-0.25, -0.2) is 0 Å². The number of aliphatic hydroxyl groups excluding tert-OH is 1. The molecule has 1 aliphatic rings. The second kappa shape index (κ2) is 6.42. The number of nitrogens with zero attached hydrogens (tertiary/aromatic N) is 2. The molecule has 0 amide bonds. The van der Waals surface area contributed by atoms with E-state index < -0.39 is 0 Å². The van der Waals surface area contributed by atoms with E-state index in [0.717, 1.165) is 25.1 Å². The second-order valence-electron chi connectivity index (χ2n) is 5.45. The highest BCUT2D eigenvalue weighted by Gasteiger charge is 2.31. The van der Waals surface area contributed by atoms with Gasteiger partial charge in [-0.3, -0.25) is 4.90 Å². The largest absolute Gasteiger partial charge is 0.392 e. The Labute approximate surface area is 124 Å². The molecule has 1 saturated heterocycles. The van der Waals surface area contributed by atoms with Crippen molar-refractivity contribution >= 4 is 23.2 Å². The predicted octanol–water partition coefficient (Wildman–Crippen LogP) is 2.49.